The maximum Gasteiger partial charge on any atom is 0.195 e. The van der Waals surface area contributed by atoms with Crippen molar-refractivity contribution >= 4 is 17.5 Å². The topological polar surface area (TPSA) is 68.0 Å². The van der Waals surface area contributed by atoms with Gasteiger partial charge in [-0.15, -0.1) is 10.2 Å². The average molecular weight is 353 g/mol. The standard InChI is InChI=1S/C19H19N3O2S/c1-13-8-9-17(23)16(12-13)18(24)10-11-25-19-21-20-14(2)22(19)15-6-4-3-5-7-15/h3-9,12,23H,10-11H2,1-2H3. The summed E-state index contributed by atoms with van der Waals surface area (Å²) in [6, 6.07) is 15.0. The number of carbonyl (C=O) groups is 1. The Morgan fingerprint density at radius 1 is 1.12 bits per heavy atom. The maximum absolute atomic E-state index is 12.4. The van der Waals surface area contributed by atoms with Crippen LogP contribution in [0.4, 0.5) is 0 Å². The smallest absolute Gasteiger partial charge is 0.195 e. The van der Waals surface area contributed by atoms with Crippen molar-refractivity contribution in [1.29, 1.82) is 0 Å². The molecule has 25 heavy (non-hydrogen) atoms. The zero-order chi connectivity index (χ0) is 17.8. The van der Waals surface area contributed by atoms with E-state index in [1.807, 2.05) is 48.7 Å². The predicted molar refractivity (Wildman–Crippen MR) is 98.6 cm³/mol. The van der Waals surface area contributed by atoms with E-state index in [4.69, 9.17) is 0 Å². The van der Waals surface area contributed by atoms with E-state index in [2.05, 4.69) is 10.2 Å². The number of hydrogen-bond acceptors (Lipinski definition) is 5. The summed E-state index contributed by atoms with van der Waals surface area (Å²) in [7, 11) is 0. The molecule has 1 aromatic heterocycles. The van der Waals surface area contributed by atoms with Crippen molar-refractivity contribution in [3.8, 4) is 11.4 Å². The van der Waals surface area contributed by atoms with Crippen LogP contribution in [0, 0.1) is 13.8 Å². The largest absolute Gasteiger partial charge is 0.507 e. The minimum atomic E-state index is -0.0730. The molecule has 0 saturated heterocycles. The molecule has 6 heteroatoms. The van der Waals surface area contributed by atoms with Gasteiger partial charge in [0.25, 0.3) is 0 Å². The van der Waals surface area contributed by atoms with Gasteiger partial charge in [0.2, 0.25) is 0 Å². The number of ketones is 1. The van der Waals surface area contributed by atoms with Crippen LogP contribution in [-0.4, -0.2) is 31.4 Å². The molecule has 0 unspecified atom stereocenters. The Kier molecular flexibility index (Phi) is 5.19. The van der Waals surface area contributed by atoms with Crippen LogP contribution in [0.5, 0.6) is 5.75 Å². The highest BCUT2D eigenvalue weighted by Gasteiger charge is 2.14. The molecule has 0 amide bonds. The first-order chi connectivity index (χ1) is 12.1. The van der Waals surface area contributed by atoms with E-state index in [0.29, 0.717) is 17.7 Å². The van der Waals surface area contributed by atoms with Crippen molar-refractivity contribution in [2.75, 3.05) is 5.75 Å². The number of aryl methyl sites for hydroxylation is 2. The van der Waals surface area contributed by atoms with E-state index < -0.39 is 0 Å². The fourth-order valence-electron chi connectivity index (χ4n) is 2.55. The van der Waals surface area contributed by atoms with E-state index in [-0.39, 0.29) is 11.5 Å². The van der Waals surface area contributed by atoms with Crippen molar-refractivity contribution in [2.24, 2.45) is 0 Å². The lowest BCUT2D eigenvalue weighted by molar-refractivity contribution is 0.0987. The van der Waals surface area contributed by atoms with E-state index in [0.717, 1.165) is 22.2 Å². The minimum Gasteiger partial charge on any atom is -0.507 e. The van der Waals surface area contributed by atoms with Gasteiger partial charge in [0, 0.05) is 17.9 Å². The Hall–Kier alpha value is -2.60. The highest BCUT2D eigenvalue weighted by molar-refractivity contribution is 7.99. The first-order valence-electron chi connectivity index (χ1n) is 7.99. The van der Waals surface area contributed by atoms with Crippen LogP contribution in [0.3, 0.4) is 0 Å². The average Bonchev–Trinajstić information content (AvgIpc) is 2.98. The number of aromatic hydroxyl groups is 1. The quantitative estimate of drug-likeness (QED) is 0.537. The normalized spacial score (nSPS) is 10.8. The van der Waals surface area contributed by atoms with E-state index in [1.165, 1.54) is 11.8 Å². The fraction of sp³-hybridized carbons (Fsp3) is 0.211. The molecule has 0 saturated carbocycles. The van der Waals surface area contributed by atoms with Gasteiger partial charge in [-0.25, -0.2) is 0 Å². The molecule has 0 radical (unpaired) electrons. The summed E-state index contributed by atoms with van der Waals surface area (Å²) < 4.78 is 1.97. The third-order valence-corrected chi connectivity index (χ3v) is 4.75. The summed E-state index contributed by atoms with van der Waals surface area (Å²) in [6.07, 6.45) is 0.322. The lowest BCUT2D eigenvalue weighted by Crippen LogP contribution is -2.03. The van der Waals surface area contributed by atoms with Crippen molar-refractivity contribution in [1.82, 2.24) is 14.8 Å². The second-order valence-corrected chi connectivity index (χ2v) is 6.81. The molecule has 0 aliphatic heterocycles. The van der Waals surface area contributed by atoms with Crippen LogP contribution in [0.15, 0.2) is 53.7 Å². The van der Waals surface area contributed by atoms with Crippen molar-refractivity contribution in [2.45, 2.75) is 25.4 Å². The number of aromatic nitrogens is 3. The summed E-state index contributed by atoms with van der Waals surface area (Å²) in [4.78, 5) is 12.4. The summed E-state index contributed by atoms with van der Waals surface area (Å²) in [5.74, 6) is 1.33. The Labute approximate surface area is 150 Å². The zero-order valence-electron chi connectivity index (χ0n) is 14.1. The van der Waals surface area contributed by atoms with Gasteiger partial charge >= 0.3 is 0 Å². The number of para-hydroxylation sites is 1. The number of benzene rings is 2. The van der Waals surface area contributed by atoms with Gasteiger partial charge in [0.1, 0.15) is 11.6 Å². The number of hydrogen-bond donors (Lipinski definition) is 1. The molecule has 0 atom stereocenters. The molecule has 2 aromatic carbocycles. The minimum absolute atomic E-state index is 0.0314. The van der Waals surface area contributed by atoms with Gasteiger partial charge in [0.15, 0.2) is 10.9 Å². The number of Topliss-reactive ketones (excluding diaryl/α,β-unsaturated/α-hetero) is 1. The SMILES string of the molecule is Cc1ccc(O)c(C(=O)CCSc2nnc(C)n2-c2ccccc2)c1. The van der Waals surface area contributed by atoms with E-state index in [1.54, 1.807) is 18.2 Å². The monoisotopic (exact) mass is 353 g/mol. The molecular weight excluding hydrogens is 334 g/mol. The first-order valence-corrected chi connectivity index (χ1v) is 8.98. The first kappa shape index (κ1) is 17.2. The summed E-state index contributed by atoms with van der Waals surface area (Å²) in [5.41, 5.74) is 2.32. The Balaban J connectivity index is 1.69. The lowest BCUT2D eigenvalue weighted by Gasteiger charge is -2.08. The van der Waals surface area contributed by atoms with E-state index >= 15 is 0 Å². The highest BCUT2D eigenvalue weighted by Crippen LogP contribution is 2.24. The van der Waals surface area contributed by atoms with Crippen molar-refractivity contribution in [3.63, 3.8) is 0 Å². The fourth-order valence-corrected chi connectivity index (χ4v) is 3.49. The molecule has 1 heterocycles. The van der Waals surface area contributed by atoms with Crippen LogP contribution >= 0.6 is 11.8 Å². The molecule has 0 spiro atoms. The Morgan fingerprint density at radius 3 is 2.64 bits per heavy atom. The third-order valence-electron chi connectivity index (χ3n) is 3.82. The van der Waals surface area contributed by atoms with Gasteiger partial charge < -0.3 is 5.11 Å². The molecule has 0 bridgehead atoms. The van der Waals surface area contributed by atoms with Gasteiger partial charge in [-0.1, -0.05) is 41.6 Å². The van der Waals surface area contributed by atoms with Gasteiger partial charge in [-0.05, 0) is 38.1 Å². The number of rotatable bonds is 6. The summed E-state index contributed by atoms with van der Waals surface area (Å²) in [6.45, 7) is 3.80. The molecule has 3 rings (SSSR count). The molecule has 0 aliphatic rings. The summed E-state index contributed by atoms with van der Waals surface area (Å²) in [5, 5.41) is 19.0. The maximum atomic E-state index is 12.4. The molecule has 0 fully saturated rings. The number of nitrogens with zero attached hydrogens (tertiary/aromatic N) is 3. The third kappa shape index (κ3) is 3.91. The number of phenols is 1. The van der Waals surface area contributed by atoms with Gasteiger partial charge in [-0.2, -0.15) is 0 Å². The van der Waals surface area contributed by atoms with Gasteiger partial charge in [0.05, 0.1) is 5.56 Å². The summed E-state index contributed by atoms with van der Waals surface area (Å²) >= 11 is 1.48. The van der Waals surface area contributed by atoms with Crippen LogP contribution in [-0.2, 0) is 0 Å². The molecule has 1 N–H and O–H groups in total. The molecule has 128 valence electrons. The van der Waals surface area contributed by atoms with Crippen LogP contribution in [0.25, 0.3) is 5.69 Å². The van der Waals surface area contributed by atoms with Crippen LogP contribution in [0.1, 0.15) is 28.2 Å². The lowest BCUT2D eigenvalue weighted by atomic mass is 10.1. The predicted octanol–water partition coefficient (Wildman–Crippen LogP) is 3.95. The van der Waals surface area contributed by atoms with Gasteiger partial charge in [-0.3, -0.25) is 9.36 Å². The Morgan fingerprint density at radius 2 is 1.88 bits per heavy atom. The number of carbonyl (C=O) groups excluding carboxylic acids is 1. The van der Waals surface area contributed by atoms with Crippen LogP contribution < -0.4 is 0 Å². The molecule has 3 aromatic rings. The Bertz CT molecular complexity index is 891. The number of phenolic OH excluding ortho intramolecular Hbond substituents is 1. The van der Waals surface area contributed by atoms with Crippen LogP contribution in [0.2, 0.25) is 0 Å². The second kappa shape index (κ2) is 7.53. The highest BCUT2D eigenvalue weighted by atomic mass is 32.2. The van der Waals surface area contributed by atoms with E-state index in [9.17, 15) is 9.90 Å². The van der Waals surface area contributed by atoms with Crippen molar-refractivity contribution < 1.29 is 9.90 Å². The van der Waals surface area contributed by atoms with Crippen molar-refractivity contribution in [3.05, 3.63) is 65.5 Å². The number of thioether (sulfide) groups is 1. The molecule has 5 nitrogen and oxygen atoms in total. The molecule has 0 aliphatic carbocycles. The zero-order valence-corrected chi connectivity index (χ0v) is 15.0. The second-order valence-electron chi connectivity index (χ2n) is 5.74. The molecular formula is C19H19N3O2S.